The Bertz CT molecular complexity index is 497. The molecule has 3 rings (SSSR count). The van der Waals surface area contributed by atoms with Crippen molar-refractivity contribution in [1.82, 2.24) is 9.97 Å². The van der Waals surface area contributed by atoms with Gasteiger partial charge in [0.15, 0.2) is 0 Å². The van der Waals surface area contributed by atoms with Gasteiger partial charge in [0, 0.05) is 20.1 Å². The third kappa shape index (κ3) is 2.07. The normalized spacial score (nSPS) is 25.4. The lowest BCUT2D eigenvalue weighted by Crippen LogP contribution is -2.43. The predicted octanol–water partition coefficient (Wildman–Crippen LogP) is 0.794. The molecule has 102 valence electrons. The van der Waals surface area contributed by atoms with Crippen LogP contribution in [0.4, 0.5) is 17.3 Å². The average Bonchev–Trinajstić information content (AvgIpc) is 2.76. The number of aromatic nitrogens is 2. The van der Waals surface area contributed by atoms with Crippen LogP contribution >= 0.6 is 0 Å². The molecule has 2 atom stereocenters. The van der Waals surface area contributed by atoms with Gasteiger partial charge >= 0.3 is 5.69 Å². The fourth-order valence-corrected chi connectivity index (χ4v) is 2.74. The summed E-state index contributed by atoms with van der Waals surface area (Å²) in [4.78, 5) is 20.8. The van der Waals surface area contributed by atoms with Crippen LogP contribution in [0.15, 0.2) is 6.33 Å². The molecule has 2 bridgehead atoms. The van der Waals surface area contributed by atoms with Gasteiger partial charge in [-0.25, -0.2) is 9.97 Å². The molecule has 2 aliphatic heterocycles. The van der Waals surface area contributed by atoms with Crippen LogP contribution in [0.3, 0.4) is 0 Å². The topological polar surface area (TPSA) is 93.4 Å². The van der Waals surface area contributed by atoms with Gasteiger partial charge in [-0.15, -0.1) is 0 Å². The quantitative estimate of drug-likeness (QED) is 0.638. The summed E-state index contributed by atoms with van der Waals surface area (Å²) >= 11 is 0. The van der Waals surface area contributed by atoms with Gasteiger partial charge in [-0.05, 0) is 12.8 Å². The second kappa shape index (κ2) is 4.61. The molecule has 2 aliphatic rings. The standard InChI is InChI=1S/C11H15N5O3/c1-12-10-9(16(17)18)11(14-6-13-10)15-4-7-2-3-8(5-15)19-7/h6-8H,2-5H2,1H3,(H,12,13,14). The zero-order chi connectivity index (χ0) is 13.4. The van der Waals surface area contributed by atoms with E-state index in [9.17, 15) is 10.1 Å². The summed E-state index contributed by atoms with van der Waals surface area (Å²) in [5, 5.41) is 14.0. The lowest BCUT2D eigenvalue weighted by atomic mass is 10.2. The number of nitrogens with one attached hydrogen (secondary N) is 1. The molecule has 0 aromatic carbocycles. The van der Waals surface area contributed by atoms with Crippen molar-refractivity contribution in [1.29, 1.82) is 0 Å². The van der Waals surface area contributed by atoms with E-state index in [0.29, 0.717) is 18.9 Å². The van der Waals surface area contributed by atoms with Gasteiger partial charge in [0.25, 0.3) is 0 Å². The second-order valence-electron chi connectivity index (χ2n) is 4.76. The van der Waals surface area contributed by atoms with Gasteiger partial charge < -0.3 is 15.0 Å². The van der Waals surface area contributed by atoms with Crippen molar-refractivity contribution < 1.29 is 9.66 Å². The minimum atomic E-state index is -0.432. The summed E-state index contributed by atoms with van der Waals surface area (Å²) in [6, 6.07) is 0. The van der Waals surface area contributed by atoms with Crippen molar-refractivity contribution in [2.75, 3.05) is 30.4 Å². The highest BCUT2D eigenvalue weighted by atomic mass is 16.6. The Labute approximate surface area is 109 Å². The molecule has 0 saturated carbocycles. The van der Waals surface area contributed by atoms with Gasteiger partial charge in [-0.3, -0.25) is 10.1 Å². The highest BCUT2D eigenvalue weighted by Gasteiger charge is 2.37. The molecule has 8 nitrogen and oxygen atoms in total. The van der Waals surface area contributed by atoms with E-state index in [2.05, 4.69) is 15.3 Å². The van der Waals surface area contributed by atoms with Gasteiger partial charge in [-0.2, -0.15) is 0 Å². The van der Waals surface area contributed by atoms with Gasteiger partial charge in [0.1, 0.15) is 6.33 Å². The molecule has 0 spiro atoms. The number of rotatable bonds is 3. The van der Waals surface area contributed by atoms with E-state index in [1.165, 1.54) is 6.33 Å². The SMILES string of the molecule is CNc1ncnc(N2CC3CCC(C2)O3)c1[N+](=O)[O-]. The predicted molar refractivity (Wildman–Crippen MR) is 68.3 cm³/mol. The van der Waals surface area contributed by atoms with Crippen LogP contribution in [0.25, 0.3) is 0 Å². The smallest absolute Gasteiger partial charge is 0.353 e. The second-order valence-corrected chi connectivity index (χ2v) is 4.76. The fraction of sp³-hybridized carbons (Fsp3) is 0.636. The van der Waals surface area contributed by atoms with E-state index < -0.39 is 4.92 Å². The van der Waals surface area contributed by atoms with E-state index in [0.717, 1.165) is 12.8 Å². The molecule has 8 heteroatoms. The number of fused-ring (bicyclic) bond motifs is 2. The van der Waals surface area contributed by atoms with Crippen molar-refractivity contribution in [3.8, 4) is 0 Å². The first-order valence-corrected chi connectivity index (χ1v) is 6.26. The summed E-state index contributed by atoms with van der Waals surface area (Å²) < 4.78 is 5.74. The number of anilines is 2. The Morgan fingerprint density at radius 1 is 1.42 bits per heavy atom. The van der Waals surface area contributed by atoms with Gasteiger partial charge in [-0.1, -0.05) is 0 Å². The first kappa shape index (κ1) is 12.1. The maximum Gasteiger partial charge on any atom is 0.353 e. The molecule has 1 aromatic heterocycles. The number of nitrogens with zero attached hydrogens (tertiary/aromatic N) is 4. The Morgan fingerprint density at radius 2 is 2.11 bits per heavy atom. The fourth-order valence-electron chi connectivity index (χ4n) is 2.74. The molecule has 1 N–H and O–H groups in total. The molecule has 2 fully saturated rings. The molecule has 0 aliphatic carbocycles. The molecular weight excluding hydrogens is 250 g/mol. The van der Waals surface area contributed by atoms with Crippen LogP contribution in [-0.2, 0) is 4.74 Å². The van der Waals surface area contributed by atoms with E-state index >= 15 is 0 Å². The minimum absolute atomic E-state index is 0.0636. The molecule has 19 heavy (non-hydrogen) atoms. The monoisotopic (exact) mass is 265 g/mol. The highest BCUT2D eigenvalue weighted by molar-refractivity contribution is 5.70. The van der Waals surface area contributed by atoms with Crippen LogP contribution in [0.2, 0.25) is 0 Å². The maximum atomic E-state index is 11.3. The summed E-state index contributed by atoms with van der Waals surface area (Å²) in [7, 11) is 1.61. The number of hydrogen-bond acceptors (Lipinski definition) is 7. The first-order chi connectivity index (χ1) is 9.19. The van der Waals surface area contributed by atoms with Crippen LogP contribution < -0.4 is 10.2 Å². The van der Waals surface area contributed by atoms with E-state index in [4.69, 9.17) is 4.74 Å². The Morgan fingerprint density at radius 3 is 2.68 bits per heavy atom. The zero-order valence-corrected chi connectivity index (χ0v) is 10.6. The third-order valence-electron chi connectivity index (χ3n) is 3.57. The first-order valence-electron chi connectivity index (χ1n) is 6.26. The van der Waals surface area contributed by atoms with Crippen LogP contribution in [0.1, 0.15) is 12.8 Å². The Hall–Kier alpha value is -1.96. The van der Waals surface area contributed by atoms with Crippen molar-refractivity contribution in [2.24, 2.45) is 0 Å². The molecule has 3 heterocycles. The van der Waals surface area contributed by atoms with Crippen LogP contribution in [0.5, 0.6) is 0 Å². The number of morpholine rings is 1. The Balaban J connectivity index is 1.98. The molecule has 0 amide bonds. The number of hydrogen-bond donors (Lipinski definition) is 1. The van der Waals surface area contributed by atoms with Crippen LogP contribution in [0, 0.1) is 10.1 Å². The van der Waals surface area contributed by atoms with Crippen LogP contribution in [-0.4, -0.2) is 47.2 Å². The largest absolute Gasteiger partial charge is 0.371 e. The van der Waals surface area contributed by atoms with E-state index in [-0.39, 0.29) is 23.7 Å². The van der Waals surface area contributed by atoms with Crippen molar-refractivity contribution in [3.63, 3.8) is 0 Å². The van der Waals surface area contributed by atoms with E-state index in [1.807, 2.05) is 4.90 Å². The lowest BCUT2D eigenvalue weighted by molar-refractivity contribution is -0.383. The van der Waals surface area contributed by atoms with E-state index in [1.54, 1.807) is 7.05 Å². The molecule has 1 aromatic rings. The van der Waals surface area contributed by atoms with Gasteiger partial charge in [0.05, 0.1) is 17.1 Å². The zero-order valence-electron chi connectivity index (χ0n) is 10.6. The molecule has 2 saturated heterocycles. The highest BCUT2D eigenvalue weighted by Crippen LogP contribution is 2.35. The summed E-state index contributed by atoms with van der Waals surface area (Å²) in [5.41, 5.74) is -0.0636. The third-order valence-corrected chi connectivity index (χ3v) is 3.57. The van der Waals surface area contributed by atoms with Gasteiger partial charge in [0.2, 0.25) is 11.6 Å². The Kier molecular flexibility index (Phi) is 2.94. The number of ether oxygens (including phenoxy) is 1. The lowest BCUT2D eigenvalue weighted by Gasteiger charge is -2.32. The minimum Gasteiger partial charge on any atom is -0.371 e. The summed E-state index contributed by atoms with van der Waals surface area (Å²) in [5.74, 6) is 0.624. The van der Waals surface area contributed by atoms with Crippen molar-refractivity contribution >= 4 is 17.3 Å². The number of nitro groups is 1. The average molecular weight is 265 g/mol. The maximum absolute atomic E-state index is 11.3. The summed E-state index contributed by atoms with van der Waals surface area (Å²) in [6.45, 7) is 1.30. The molecule has 2 unspecified atom stereocenters. The van der Waals surface area contributed by atoms with Crippen molar-refractivity contribution in [3.05, 3.63) is 16.4 Å². The molecular formula is C11H15N5O3. The molecule has 0 radical (unpaired) electrons. The summed E-state index contributed by atoms with van der Waals surface area (Å²) in [6.07, 6.45) is 3.70. The van der Waals surface area contributed by atoms with Crippen molar-refractivity contribution in [2.45, 2.75) is 25.0 Å².